The van der Waals surface area contributed by atoms with Crippen LogP contribution in [-0.2, 0) is 0 Å². The van der Waals surface area contributed by atoms with Gasteiger partial charge in [-0.15, -0.1) is 0 Å². The lowest BCUT2D eigenvalue weighted by atomic mass is 10.0. The van der Waals surface area contributed by atoms with Crippen molar-refractivity contribution in [3.05, 3.63) is 34.3 Å². The van der Waals surface area contributed by atoms with Gasteiger partial charge in [-0.05, 0) is 58.1 Å². The highest BCUT2D eigenvalue weighted by atomic mass is 79.9. The Kier molecular flexibility index (Phi) is 6.90. The van der Waals surface area contributed by atoms with Crippen LogP contribution in [0.3, 0.4) is 0 Å². The van der Waals surface area contributed by atoms with Crippen LogP contribution in [0.1, 0.15) is 38.8 Å². The summed E-state index contributed by atoms with van der Waals surface area (Å²) >= 11 is 3.49. The van der Waals surface area contributed by atoms with Crippen LogP contribution in [0, 0.1) is 0 Å². The topological polar surface area (TPSA) is 15.3 Å². The van der Waals surface area contributed by atoms with E-state index in [1.165, 1.54) is 5.56 Å². The predicted octanol–water partition coefficient (Wildman–Crippen LogP) is 3.83. The van der Waals surface area contributed by atoms with Gasteiger partial charge < -0.3 is 10.2 Å². The van der Waals surface area contributed by atoms with E-state index < -0.39 is 0 Å². The van der Waals surface area contributed by atoms with Crippen LogP contribution >= 0.6 is 15.9 Å². The quantitative estimate of drug-likeness (QED) is 0.823. The zero-order chi connectivity index (χ0) is 13.5. The van der Waals surface area contributed by atoms with Crippen molar-refractivity contribution in [2.75, 3.05) is 20.1 Å². The number of hydrogen-bond donors (Lipinski definition) is 1. The molecule has 1 aromatic rings. The average Bonchev–Trinajstić information content (AvgIpc) is 2.35. The Balaban J connectivity index is 2.62. The Morgan fingerprint density at radius 2 is 1.83 bits per heavy atom. The van der Waals surface area contributed by atoms with E-state index in [1.54, 1.807) is 0 Å². The Bertz CT molecular complexity index is 335. The van der Waals surface area contributed by atoms with Crippen LogP contribution in [-0.4, -0.2) is 31.1 Å². The van der Waals surface area contributed by atoms with E-state index in [9.17, 15) is 0 Å². The summed E-state index contributed by atoms with van der Waals surface area (Å²) in [6, 6.07) is 9.69. The average molecular weight is 313 g/mol. The minimum absolute atomic E-state index is 0.448. The molecule has 1 unspecified atom stereocenters. The molecule has 0 aliphatic heterocycles. The fourth-order valence-corrected chi connectivity index (χ4v) is 2.18. The molecule has 0 aliphatic carbocycles. The van der Waals surface area contributed by atoms with Crippen molar-refractivity contribution in [2.24, 2.45) is 0 Å². The summed E-state index contributed by atoms with van der Waals surface area (Å²) in [6.45, 7) is 8.76. The second kappa shape index (κ2) is 7.93. The number of halogens is 1. The van der Waals surface area contributed by atoms with Gasteiger partial charge in [-0.2, -0.15) is 0 Å². The van der Waals surface area contributed by atoms with Crippen molar-refractivity contribution in [1.82, 2.24) is 10.2 Å². The van der Waals surface area contributed by atoms with E-state index in [4.69, 9.17) is 0 Å². The summed E-state index contributed by atoms with van der Waals surface area (Å²) in [4.78, 5) is 2.39. The lowest BCUT2D eigenvalue weighted by Crippen LogP contribution is -2.31. The van der Waals surface area contributed by atoms with E-state index >= 15 is 0 Å². The largest absolute Gasteiger partial charge is 0.310 e. The Labute approximate surface area is 120 Å². The van der Waals surface area contributed by atoms with Gasteiger partial charge in [0.2, 0.25) is 0 Å². The number of nitrogens with one attached hydrogen (secondary N) is 1. The molecule has 0 saturated heterocycles. The minimum Gasteiger partial charge on any atom is -0.310 e. The molecule has 0 amide bonds. The molecule has 3 heteroatoms. The summed E-state index contributed by atoms with van der Waals surface area (Å²) in [5, 5.41) is 3.57. The highest BCUT2D eigenvalue weighted by Gasteiger charge is 2.12. The van der Waals surface area contributed by atoms with Gasteiger partial charge in [0.05, 0.1) is 0 Å². The number of hydrogen-bond acceptors (Lipinski definition) is 2. The zero-order valence-corrected chi connectivity index (χ0v) is 13.5. The van der Waals surface area contributed by atoms with E-state index in [1.807, 2.05) is 0 Å². The van der Waals surface area contributed by atoms with E-state index in [0.29, 0.717) is 12.1 Å². The van der Waals surface area contributed by atoms with Crippen LogP contribution < -0.4 is 5.32 Å². The van der Waals surface area contributed by atoms with Crippen molar-refractivity contribution in [3.63, 3.8) is 0 Å². The molecular formula is C15H25BrN2. The minimum atomic E-state index is 0.448. The number of benzene rings is 1. The van der Waals surface area contributed by atoms with Crippen molar-refractivity contribution in [2.45, 2.75) is 39.3 Å². The van der Waals surface area contributed by atoms with Crippen LogP contribution in [0.4, 0.5) is 0 Å². The second-order valence-electron chi connectivity index (χ2n) is 5.02. The monoisotopic (exact) mass is 312 g/mol. The third-order valence-electron chi connectivity index (χ3n) is 3.37. The maximum absolute atomic E-state index is 3.57. The van der Waals surface area contributed by atoms with Crippen LogP contribution in [0.5, 0.6) is 0 Å². The maximum Gasteiger partial charge on any atom is 0.0332 e. The maximum atomic E-state index is 3.57. The SMILES string of the molecule is CCNC(CCN(C)C(C)C)c1ccc(Br)cc1. The fraction of sp³-hybridized carbons (Fsp3) is 0.600. The molecule has 2 nitrogen and oxygen atoms in total. The van der Waals surface area contributed by atoms with Gasteiger partial charge in [0.15, 0.2) is 0 Å². The van der Waals surface area contributed by atoms with Crippen LogP contribution in [0.25, 0.3) is 0 Å². The van der Waals surface area contributed by atoms with E-state index in [2.05, 4.69) is 78.2 Å². The normalized spacial score (nSPS) is 13.3. The van der Waals surface area contributed by atoms with Gasteiger partial charge in [-0.3, -0.25) is 0 Å². The molecule has 0 aromatic heterocycles. The van der Waals surface area contributed by atoms with Crippen molar-refractivity contribution in [1.29, 1.82) is 0 Å². The molecule has 1 aromatic carbocycles. The summed E-state index contributed by atoms with van der Waals surface area (Å²) in [5.41, 5.74) is 1.37. The third-order valence-corrected chi connectivity index (χ3v) is 3.90. The Morgan fingerprint density at radius 3 is 2.33 bits per heavy atom. The summed E-state index contributed by atoms with van der Waals surface area (Å²) in [6.07, 6.45) is 1.14. The molecule has 0 spiro atoms. The molecule has 1 atom stereocenters. The van der Waals surface area contributed by atoms with E-state index in [-0.39, 0.29) is 0 Å². The van der Waals surface area contributed by atoms with Crippen molar-refractivity contribution in [3.8, 4) is 0 Å². The smallest absolute Gasteiger partial charge is 0.0332 e. The molecule has 1 N–H and O–H groups in total. The van der Waals surface area contributed by atoms with Gasteiger partial charge in [0.1, 0.15) is 0 Å². The molecule has 0 radical (unpaired) electrons. The van der Waals surface area contributed by atoms with Crippen molar-refractivity contribution < 1.29 is 0 Å². The standard InChI is InChI=1S/C15H25BrN2/c1-5-17-15(10-11-18(4)12(2)3)13-6-8-14(16)9-7-13/h6-9,12,15,17H,5,10-11H2,1-4H3. The van der Waals surface area contributed by atoms with Gasteiger partial charge in [-0.1, -0.05) is 35.0 Å². The highest BCUT2D eigenvalue weighted by Crippen LogP contribution is 2.20. The fourth-order valence-electron chi connectivity index (χ4n) is 1.92. The first-order chi connectivity index (χ1) is 8.54. The van der Waals surface area contributed by atoms with E-state index in [0.717, 1.165) is 24.0 Å². The second-order valence-corrected chi connectivity index (χ2v) is 5.94. The van der Waals surface area contributed by atoms with Gasteiger partial charge in [0.25, 0.3) is 0 Å². The van der Waals surface area contributed by atoms with Gasteiger partial charge in [0, 0.05) is 16.6 Å². The number of rotatable bonds is 7. The lowest BCUT2D eigenvalue weighted by molar-refractivity contribution is 0.257. The molecular weight excluding hydrogens is 288 g/mol. The molecule has 0 fully saturated rings. The molecule has 1 rings (SSSR count). The highest BCUT2D eigenvalue weighted by molar-refractivity contribution is 9.10. The van der Waals surface area contributed by atoms with Crippen molar-refractivity contribution >= 4 is 15.9 Å². The molecule has 0 saturated carbocycles. The van der Waals surface area contributed by atoms with Gasteiger partial charge >= 0.3 is 0 Å². The molecule has 102 valence electrons. The first-order valence-electron chi connectivity index (χ1n) is 6.73. The van der Waals surface area contributed by atoms with Crippen LogP contribution in [0.15, 0.2) is 28.7 Å². The lowest BCUT2D eigenvalue weighted by Gasteiger charge is -2.25. The zero-order valence-electron chi connectivity index (χ0n) is 11.9. The molecule has 0 aliphatic rings. The predicted molar refractivity (Wildman–Crippen MR) is 82.9 cm³/mol. The summed E-state index contributed by atoms with van der Waals surface area (Å²) in [7, 11) is 2.19. The Hall–Kier alpha value is -0.380. The molecule has 0 bridgehead atoms. The first kappa shape index (κ1) is 15.7. The number of nitrogens with zero attached hydrogens (tertiary/aromatic N) is 1. The summed E-state index contributed by atoms with van der Waals surface area (Å²) in [5.74, 6) is 0. The molecule has 0 heterocycles. The van der Waals surface area contributed by atoms with Gasteiger partial charge in [-0.25, -0.2) is 0 Å². The Morgan fingerprint density at radius 1 is 1.22 bits per heavy atom. The van der Waals surface area contributed by atoms with Crippen LogP contribution in [0.2, 0.25) is 0 Å². The summed E-state index contributed by atoms with van der Waals surface area (Å²) < 4.78 is 1.14. The third kappa shape index (κ3) is 5.09. The molecule has 18 heavy (non-hydrogen) atoms. The first-order valence-corrected chi connectivity index (χ1v) is 7.53.